The molecule has 1 heterocycles. The van der Waals surface area contributed by atoms with Gasteiger partial charge in [-0.25, -0.2) is 8.42 Å². The van der Waals surface area contributed by atoms with Crippen LogP contribution in [0.2, 0.25) is 0 Å². The SMILES string of the molecule is CS(=O)(=O)Nc1ccc(CCN2CC[C@H](C(C(N)=O)(c3ccccc3)c3ccccc3)C2)cc1. The van der Waals surface area contributed by atoms with Crippen LogP contribution >= 0.6 is 0 Å². The lowest BCUT2D eigenvalue weighted by atomic mass is 9.64. The van der Waals surface area contributed by atoms with Crippen LogP contribution in [0.5, 0.6) is 0 Å². The van der Waals surface area contributed by atoms with Crippen molar-refractivity contribution in [2.75, 3.05) is 30.6 Å². The first-order chi connectivity index (χ1) is 16.3. The number of hydrogen-bond acceptors (Lipinski definition) is 4. The van der Waals surface area contributed by atoms with Gasteiger partial charge in [-0.15, -0.1) is 0 Å². The van der Waals surface area contributed by atoms with Crippen LogP contribution in [-0.2, 0) is 26.7 Å². The number of primary amides is 1. The van der Waals surface area contributed by atoms with E-state index >= 15 is 0 Å². The molecule has 3 aromatic rings. The van der Waals surface area contributed by atoms with E-state index in [2.05, 4.69) is 9.62 Å². The molecule has 0 unspecified atom stereocenters. The number of benzene rings is 3. The molecule has 1 aliphatic heterocycles. The zero-order valence-electron chi connectivity index (χ0n) is 19.4. The Morgan fingerprint density at radius 3 is 2.03 bits per heavy atom. The van der Waals surface area contributed by atoms with E-state index in [0.29, 0.717) is 5.69 Å². The average Bonchev–Trinajstić information content (AvgIpc) is 3.28. The van der Waals surface area contributed by atoms with Gasteiger partial charge in [0.05, 0.1) is 6.26 Å². The normalized spacial score (nSPS) is 16.9. The van der Waals surface area contributed by atoms with Crippen molar-refractivity contribution in [1.29, 1.82) is 0 Å². The first-order valence-corrected chi connectivity index (χ1v) is 13.4. The molecule has 0 aromatic heterocycles. The number of carbonyl (C=O) groups is 1. The summed E-state index contributed by atoms with van der Waals surface area (Å²) in [4.78, 5) is 15.6. The predicted molar refractivity (Wildman–Crippen MR) is 136 cm³/mol. The molecule has 0 saturated carbocycles. The Kier molecular flexibility index (Phi) is 7.05. The van der Waals surface area contributed by atoms with Crippen molar-refractivity contribution in [3.63, 3.8) is 0 Å². The fourth-order valence-electron chi connectivity index (χ4n) is 5.16. The zero-order valence-corrected chi connectivity index (χ0v) is 20.2. The summed E-state index contributed by atoms with van der Waals surface area (Å²) in [5.74, 6) is -0.248. The lowest BCUT2D eigenvalue weighted by molar-refractivity contribution is -0.123. The Balaban J connectivity index is 1.51. The number of amides is 1. The lowest BCUT2D eigenvalue weighted by Crippen LogP contribution is -2.49. The molecule has 3 N–H and O–H groups in total. The molecule has 1 amide bonds. The standard InChI is InChI=1S/C27H31N3O3S/c1-34(32,33)29-25-14-12-21(13-15-25)16-18-30-19-17-24(20-30)27(26(28)31,22-8-4-2-5-9-22)23-10-6-3-7-11-23/h2-15,24,29H,16-20H2,1H3,(H2,28,31)/t24-/m0/s1. The highest BCUT2D eigenvalue weighted by Gasteiger charge is 2.49. The Morgan fingerprint density at radius 2 is 1.53 bits per heavy atom. The molecule has 0 radical (unpaired) electrons. The fourth-order valence-corrected chi connectivity index (χ4v) is 5.72. The maximum Gasteiger partial charge on any atom is 0.232 e. The molecule has 1 saturated heterocycles. The number of anilines is 1. The van der Waals surface area contributed by atoms with E-state index in [-0.39, 0.29) is 11.8 Å². The summed E-state index contributed by atoms with van der Waals surface area (Å²) < 4.78 is 25.3. The third kappa shape index (κ3) is 5.16. The van der Waals surface area contributed by atoms with Gasteiger partial charge in [0.1, 0.15) is 5.41 Å². The van der Waals surface area contributed by atoms with E-state index in [4.69, 9.17) is 5.73 Å². The van der Waals surface area contributed by atoms with Gasteiger partial charge in [0, 0.05) is 18.8 Å². The smallest absolute Gasteiger partial charge is 0.232 e. The summed E-state index contributed by atoms with van der Waals surface area (Å²) in [7, 11) is -3.28. The summed E-state index contributed by atoms with van der Waals surface area (Å²) in [5, 5.41) is 0. The number of hydrogen-bond donors (Lipinski definition) is 2. The van der Waals surface area contributed by atoms with E-state index in [0.717, 1.165) is 55.4 Å². The van der Waals surface area contributed by atoms with E-state index in [1.165, 1.54) is 0 Å². The molecule has 7 heteroatoms. The molecule has 6 nitrogen and oxygen atoms in total. The minimum Gasteiger partial charge on any atom is -0.369 e. The predicted octanol–water partition coefficient (Wildman–Crippen LogP) is 3.39. The Labute approximate surface area is 201 Å². The number of nitrogens with one attached hydrogen (secondary N) is 1. The molecule has 4 rings (SSSR count). The summed E-state index contributed by atoms with van der Waals surface area (Å²) >= 11 is 0. The molecule has 1 fully saturated rings. The van der Waals surface area contributed by atoms with E-state index in [9.17, 15) is 13.2 Å². The van der Waals surface area contributed by atoms with E-state index in [1.54, 1.807) is 12.1 Å². The van der Waals surface area contributed by atoms with Gasteiger partial charge in [-0.05, 0) is 54.1 Å². The van der Waals surface area contributed by atoms with E-state index < -0.39 is 15.4 Å². The van der Waals surface area contributed by atoms with Gasteiger partial charge >= 0.3 is 0 Å². The highest BCUT2D eigenvalue weighted by atomic mass is 32.2. The van der Waals surface area contributed by atoms with Gasteiger partial charge < -0.3 is 10.6 Å². The summed E-state index contributed by atoms with van der Waals surface area (Å²) in [6.45, 7) is 2.53. The second kappa shape index (κ2) is 9.99. The van der Waals surface area contributed by atoms with Gasteiger partial charge in [-0.2, -0.15) is 0 Å². The minimum absolute atomic E-state index is 0.0659. The van der Waals surface area contributed by atoms with Crippen molar-refractivity contribution >= 4 is 21.6 Å². The summed E-state index contributed by atoms with van der Waals surface area (Å²) in [6, 6.07) is 27.3. The van der Waals surface area contributed by atoms with Crippen LogP contribution in [0.1, 0.15) is 23.1 Å². The molecule has 34 heavy (non-hydrogen) atoms. The van der Waals surface area contributed by atoms with Crippen LogP contribution in [0.3, 0.4) is 0 Å². The number of likely N-dealkylation sites (tertiary alicyclic amines) is 1. The molecular weight excluding hydrogens is 446 g/mol. The largest absolute Gasteiger partial charge is 0.369 e. The average molecular weight is 478 g/mol. The quantitative estimate of drug-likeness (QED) is 0.494. The van der Waals surface area contributed by atoms with Crippen LogP contribution in [0.25, 0.3) is 0 Å². The first-order valence-electron chi connectivity index (χ1n) is 11.5. The van der Waals surface area contributed by atoms with Crippen molar-refractivity contribution in [2.45, 2.75) is 18.3 Å². The first kappa shape index (κ1) is 24.0. The molecule has 0 bridgehead atoms. The van der Waals surface area contributed by atoms with Crippen molar-refractivity contribution < 1.29 is 13.2 Å². The highest BCUT2D eigenvalue weighted by Crippen LogP contribution is 2.43. The van der Waals surface area contributed by atoms with Crippen molar-refractivity contribution in [2.24, 2.45) is 11.7 Å². The number of nitrogens with zero attached hydrogens (tertiary/aromatic N) is 1. The lowest BCUT2D eigenvalue weighted by Gasteiger charge is -2.37. The molecule has 1 aliphatic rings. The minimum atomic E-state index is -3.28. The Hall–Kier alpha value is -3.16. The maximum absolute atomic E-state index is 13.2. The van der Waals surface area contributed by atoms with E-state index in [1.807, 2.05) is 72.8 Å². The topological polar surface area (TPSA) is 92.5 Å². The van der Waals surface area contributed by atoms with Crippen molar-refractivity contribution in [3.05, 3.63) is 102 Å². The van der Waals surface area contributed by atoms with Crippen molar-refractivity contribution in [3.8, 4) is 0 Å². The van der Waals surface area contributed by atoms with Gasteiger partial charge in [0.2, 0.25) is 15.9 Å². The zero-order chi connectivity index (χ0) is 24.2. The monoisotopic (exact) mass is 477 g/mol. The molecule has 3 aromatic carbocycles. The van der Waals surface area contributed by atoms with Gasteiger partial charge in [0.15, 0.2) is 0 Å². The van der Waals surface area contributed by atoms with Gasteiger partial charge in [0.25, 0.3) is 0 Å². The second-order valence-electron chi connectivity index (χ2n) is 9.01. The summed E-state index contributed by atoms with van der Waals surface area (Å²) in [6.07, 6.45) is 2.86. The third-order valence-electron chi connectivity index (χ3n) is 6.71. The van der Waals surface area contributed by atoms with Gasteiger partial charge in [-0.3, -0.25) is 9.52 Å². The number of rotatable bonds is 9. The van der Waals surface area contributed by atoms with Crippen LogP contribution < -0.4 is 10.5 Å². The second-order valence-corrected chi connectivity index (χ2v) is 10.8. The Bertz CT molecular complexity index is 1170. The fraction of sp³-hybridized carbons (Fsp3) is 0.296. The number of carbonyl (C=O) groups excluding carboxylic acids is 1. The summed E-state index contributed by atoms with van der Waals surface area (Å²) in [5.41, 5.74) is 8.87. The van der Waals surface area contributed by atoms with Crippen LogP contribution in [0.4, 0.5) is 5.69 Å². The third-order valence-corrected chi connectivity index (χ3v) is 7.31. The molecule has 0 aliphatic carbocycles. The number of nitrogens with two attached hydrogens (primary N) is 1. The molecular formula is C27H31N3O3S. The van der Waals surface area contributed by atoms with Crippen LogP contribution in [0, 0.1) is 5.92 Å². The molecule has 0 spiro atoms. The highest BCUT2D eigenvalue weighted by molar-refractivity contribution is 7.92. The van der Waals surface area contributed by atoms with Gasteiger partial charge in [-0.1, -0.05) is 72.8 Å². The van der Waals surface area contributed by atoms with Crippen LogP contribution in [0.15, 0.2) is 84.9 Å². The molecule has 178 valence electrons. The Morgan fingerprint density at radius 1 is 0.971 bits per heavy atom. The van der Waals surface area contributed by atoms with Crippen molar-refractivity contribution in [1.82, 2.24) is 4.90 Å². The number of sulfonamides is 1. The maximum atomic E-state index is 13.2. The molecule has 1 atom stereocenters. The van der Waals surface area contributed by atoms with Crippen LogP contribution in [-0.4, -0.2) is 45.1 Å².